The van der Waals surface area contributed by atoms with Crippen molar-refractivity contribution in [3.63, 3.8) is 0 Å². The Morgan fingerprint density at radius 1 is 1.29 bits per heavy atom. The van der Waals surface area contributed by atoms with Gasteiger partial charge in [-0.3, -0.25) is 4.79 Å². The molecule has 0 aliphatic rings. The lowest BCUT2D eigenvalue weighted by molar-refractivity contribution is -0.142. The minimum atomic E-state index is -1.05. The molecule has 0 spiro atoms. The van der Waals surface area contributed by atoms with E-state index in [1.54, 1.807) is 12.1 Å². The second-order valence-electron chi connectivity index (χ2n) is 5.02. The van der Waals surface area contributed by atoms with Crippen molar-refractivity contribution in [2.45, 2.75) is 44.7 Å². The van der Waals surface area contributed by atoms with Crippen molar-refractivity contribution in [3.8, 4) is 5.75 Å². The van der Waals surface area contributed by atoms with Crippen LogP contribution in [-0.2, 0) is 16.0 Å². The largest absolute Gasteiger partial charge is 0.508 e. The second kappa shape index (κ2) is 8.26. The molecular formula is C15H22N2O4. The van der Waals surface area contributed by atoms with Crippen LogP contribution >= 0.6 is 0 Å². The number of unbranched alkanes of at least 4 members (excludes halogenated alkanes) is 1. The maximum Gasteiger partial charge on any atom is 0.326 e. The number of amides is 1. The van der Waals surface area contributed by atoms with Crippen molar-refractivity contribution in [3.05, 3.63) is 29.8 Å². The van der Waals surface area contributed by atoms with Crippen molar-refractivity contribution in [2.75, 3.05) is 0 Å². The Labute approximate surface area is 124 Å². The van der Waals surface area contributed by atoms with Crippen molar-refractivity contribution in [1.29, 1.82) is 0 Å². The molecule has 1 aromatic rings. The second-order valence-corrected chi connectivity index (χ2v) is 5.02. The van der Waals surface area contributed by atoms with E-state index in [1.165, 1.54) is 12.1 Å². The normalized spacial score (nSPS) is 13.4. The molecule has 0 fully saturated rings. The summed E-state index contributed by atoms with van der Waals surface area (Å²) >= 11 is 0. The molecule has 0 aromatic heterocycles. The van der Waals surface area contributed by atoms with Gasteiger partial charge in [0.1, 0.15) is 11.8 Å². The predicted octanol–water partition coefficient (Wildman–Crippen LogP) is 1.02. The van der Waals surface area contributed by atoms with Gasteiger partial charge in [-0.25, -0.2) is 4.79 Å². The van der Waals surface area contributed by atoms with E-state index >= 15 is 0 Å². The molecule has 1 amide bonds. The first kappa shape index (κ1) is 17.0. The van der Waals surface area contributed by atoms with E-state index in [9.17, 15) is 14.7 Å². The van der Waals surface area contributed by atoms with E-state index in [0.29, 0.717) is 6.42 Å². The van der Waals surface area contributed by atoms with Gasteiger partial charge >= 0.3 is 5.97 Å². The van der Waals surface area contributed by atoms with Gasteiger partial charge in [-0.15, -0.1) is 0 Å². The van der Waals surface area contributed by atoms with E-state index in [4.69, 9.17) is 10.8 Å². The molecule has 1 aromatic carbocycles. The Balaban J connectivity index is 2.56. The van der Waals surface area contributed by atoms with Crippen molar-refractivity contribution < 1.29 is 19.8 Å². The number of carboxylic acids is 1. The number of nitrogens with one attached hydrogen (secondary N) is 1. The minimum absolute atomic E-state index is 0.141. The fraction of sp³-hybridized carbons (Fsp3) is 0.467. The minimum Gasteiger partial charge on any atom is -0.508 e. The Hall–Kier alpha value is -2.08. The molecule has 0 saturated heterocycles. The number of phenolic OH excluding ortho intramolecular Hbond substituents is 1. The lowest BCUT2D eigenvalue weighted by Crippen LogP contribution is -2.49. The van der Waals surface area contributed by atoms with Crippen LogP contribution in [0.15, 0.2) is 24.3 Å². The first-order chi connectivity index (χ1) is 9.93. The number of hydrogen-bond acceptors (Lipinski definition) is 4. The summed E-state index contributed by atoms with van der Waals surface area (Å²) in [6, 6.07) is 4.66. The van der Waals surface area contributed by atoms with Gasteiger partial charge in [0, 0.05) is 0 Å². The average molecular weight is 294 g/mol. The standard InChI is InChI=1S/C15H22N2O4/c1-2-3-4-13(15(20)21)17-14(19)12(16)9-10-5-7-11(18)8-6-10/h5-8,12-13,18H,2-4,9,16H2,1H3,(H,17,19)(H,20,21)/t12?,13-/m0/s1. The van der Waals surface area contributed by atoms with Gasteiger partial charge in [0.2, 0.25) is 5.91 Å². The fourth-order valence-electron chi connectivity index (χ4n) is 1.92. The van der Waals surface area contributed by atoms with Crippen LogP contribution < -0.4 is 11.1 Å². The lowest BCUT2D eigenvalue weighted by atomic mass is 10.0. The van der Waals surface area contributed by atoms with Crippen LogP contribution in [0.3, 0.4) is 0 Å². The number of benzene rings is 1. The molecule has 0 radical (unpaired) electrons. The third-order valence-electron chi connectivity index (χ3n) is 3.19. The SMILES string of the molecule is CCCC[C@H](NC(=O)C(N)Cc1ccc(O)cc1)C(=O)O. The van der Waals surface area contributed by atoms with Crippen molar-refractivity contribution in [2.24, 2.45) is 5.73 Å². The Morgan fingerprint density at radius 2 is 1.90 bits per heavy atom. The van der Waals surface area contributed by atoms with E-state index in [2.05, 4.69) is 5.32 Å². The van der Waals surface area contributed by atoms with Crippen LogP contribution in [0, 0.1) is 0 Å². The van der Waals surface area contributed by atoms with E-state index in [-0.39, 0.29) is 12.2 Å². The molecule has 0 aliphatic carbocycles. The zero-order valence-electron chi connectivity index (χ0n) is 12.1. The number of carboxylic acid groups (broad SMARTS) is 1. The molecule has 6 nitrogen and oxygen atoms in total. The molecule has 2 atom stereocenters. The summed E-state index contributed by atoms with van der Waals surface area (Å²) in [7, 11) is 0. The molecule has 0 saturated carbocycles. The summed E-state index contributed by atoms with van der Waals surface area (Å²) in [6.45, 7) is 1.96. The quantitative estimate of drug-likeness (QED) is 0.572. The molecule has 0 aliphatic heterocycles. The smallest absolute Gasteiger partial charge is 0.326 e. The topological polar surface area (TPSA) is 113 Å². The fourth-order valence-corrected chi connectivity index (χ4v) is 1.92. The maximum atomic E-state index is 11.9. The predicted molar refractivity (Wildman–Crippen MR) is 78.9 cm³/mol. The van der Waals surface area contributed by atoms with Gasteiger partial charge < -0.3 is 21.3 Å². The average Bonchev–Trinajstić information content (AvgIpc) is 2.45. The van der Waals surface area contributed by atoms with Gasteiger partial charge in [-0.2, -0.15) is 0 Å². The summed E-state index contributed by atoms with van der Waals surface area (Å²) in [4.78, 5) is 23.0. The van der Waals surface area contributed by atoms with Gasteiger partial charge in [0.25, 0.3) is 0 Å². The summed E-state index contributed by atoms with van der Waals surface area (Å²) in [5, 5.41) is 20.7. The Kier molecular flexibility index (Phi) is 6.68. The number of aromatic hydroxyl groups is 1. The first-order valence-electron chi connectivity index (χ1n) is 7.00. The van der Waals surface area contributed by atoms with Crippen molar-refractivity contribution >= 4 is 11.9 Å². The Bertz CT molecular complexity index is 473. The number of carbonyl (C=O) groups excluding carboxylic acids is 1. The van der Waals surface area contributed by atoms with Crippen molar-refractivity contribution in [1.82, 2.24) is 5.32 Å². The molecule has 0 heterocycles. The number of rotatable bonds is 8. The van der Waals surface area contributed by atoms with Gasteiger partial charge in [-0.1, -0.05) is 31.9 Å². The van der Waals surface area contributed by atoms with Gasteiger partial charge in [0.15, 0.2) is 0 Å². The lowest BCUT2D eigenvalue weighted by Gasteiger charge is -2.17. The maximum absolute atomic E-state index is 11.9. The zero-order valence-corrected chi connectivity index (χ0v) is 12.1. The molecule has 1 rings (SSSR count). The van der Waals surface area contributed by atoms with Crippen LogP contribution in [0.4, 0.5) is 0 Å². The van der Waals surface area contributed by atoms with E-state index in [1.807, 2.05) is 6.92 Å². The summed E-state index contributed by atoms with van der Waals surface area (Å²) in [5.74, 6) is -1.39. The summed E-state index contributed by atoms with van der Waals surface area (Å²) < 4.78 is 0. The number of phenols is 1. The molecule has 6 heteroatoms. The summed E-state index contributed by atoms with van der Waals surface area (Å²) in [5.41, 5.74) is 6.60. The van der Waals surface area contributed by atoms with Crippen LogP contribution in [0.2, 0.25) is 0 Å². The van der Waals surface area contributed by atoms with E-state index in [0.717, 1.165) is 18.4 Å². The van der Waals surface area contributed by atoms with Gasteiger partial charge in [0.05, 0.1) is 6.04 Å². The molecular weight excluding hydrogens is 272 g/mol. The highest BCUT2D eigenvalue weighted by Crippen LogP contribution is 2.11. The van der Waals surface area contributed by atoms with Crippen LogP contribution in [-0.4, -0.2) is 34.2 Å². The molecule has 5 N–H and O–H groups in total. The number of nitrogens with two attached hydrogens (primary N) is 1. The highest BCUT2D eigenvalue weighted by atomic mass is 16.4. The summed E-state index contributed by atoms with van der Waals surface area (Å²) in [6.07, 6.45) is 2.26. The first-order valence-corrected chi connectivity index (χ1v) is 7.00. The Morgan fingerprint density at radius 3 is 2.43 bits per heavy atom. The van der Waals surface area contributed by atoms with Crippen LogP contribution in [0.25, 0.3) is 0 Å². The monoisotopic (exact) mass is 294 g/mol. The van der Waals surface area contributed by atoms with Crippen LogP contribution in [0.5, 0.6) is 5.75 Å². The molecule has 1 unspecified atom stereocenters. The highest BCUT2D eigenvalue weighted by Gasteiger charge is 2.22. The molecule has 21 heavy (non-hydrogen) atoms. The highest BCUT2D eigenvalue weighted by molar-refractivity contribution is 5.86. The zero-order chi connectivity index (χ0) is 15.8. The number of aliphatic carboxylic acids is 1. The molecule has 116 valence electrons. The van der Waals surface area contributed by atoms with Gasteiger partial charge in [-0.05, 0) is 30.5 Å². The molecule has 0 bridgehead atoms. The third kappa shape index (κ3) is 5.83. The number of carbonyl (C=O) groups is 2. The third-order valence-corrected chi connectivity index (χ3v) is 3.19. The van der Waals surface area contributed by atoms with E-state index < -0.39 is 24.0 Å². The number of hydrogen-bond donors (Lipinski definition) is 4. The van der Waals surface area contributed by atoms with Crippen LogP contribution in [0.1, 0.15) is 31.7 Å².